The Bertz CT molecular complexity index is 1350. The molecule has 2 amide bonds. The van der Waals surface area contributed by atoms with Gasteiger partial charge >= 0.3 is 6.36 Å². The van der Waals surface area contributed by atoms with E-state index in [2.05, 4.69) is 46.2 Å². The monoisotopic (exact) mass is 621 g/mol. The molecule has 3 aromatic rings. The Labute approximate surface area is 236 Å². The molecule has 1 aliphatic heterocycles. The highest BCUT2D eigenvalue weighted by molar-refractivity contribution is 9.10. The molecular formula is C27H27BrF3N5O4. The molecule has 0 spiro atoms. The summed E-state index contributed by atoms with van der Waals surface area (Å²) in [5, 5.41) is 5.27. The van der Waals surface area contributed by atoms with Crippen LogP contribution in [0.4, 0.5) is 24.5 Å². The van der Waals surface area contributed by atoms with Gasteiger partial charge in [-0.1, -0.05) is 6.42 Å². The standard InChI is InChI=1S/C27H27BrF3N5O4/c28-21-11-10-19(40-27(29,30)31)15-20(21)25(38)34-17-6-8-18(9-7-17)35-26(39)24-23(32-16-33-24)22(37)5-4-14-36-12-2-1-3-13-36/h6-11,15-16H,1-5,12-14H2,(H,32,33)(H,34,38)(H,35,39). The first-order valence-corrected chi connectivity index (χ1v) is 13.5. The fraction of sp³-hybridized carbons (Fsp3) is 0.333. The number of likely N-dealkylation sites (tertiary alicyclic amines) is 1. The Kier molecular flexibility index (Phi) is 9.58. The molecule has 2 aromatic carbocycles. The molecule has 1 aliphatic rings. The third-order valence-electron chi connectivity index (χ3n) is 6.27. The number of carbonyl (C=O) groups is 3. The second kappa shape index (κ2) is 13.1. The van der Waals surface area contributed by atoms with Gasteiger partial charge in [0.15, 0.2) is 5.78 Å². The molecule has 1 aromatic heterocycles. The molecule has 0 bridgehead atoms. The minimum atomic E-state index is -4.89. The number of carbonyl (C=O) groups excluding carboxylic acids is 3. The molecule has 0 atom stereocenters. The van der Waals surface area contributed by atoms with Crippen molar-refractivity contribution in [3.05, 3.63) is 70.2 Å². The Hall–Kier alpha value is -3.71. The van der Waals surface area contributed by atoms with E-state index in [1.165, 1.54) is 55.9 Å². The number of Topliss-reactive ketones (excluding diaryl/α,β-unsaturated/α-hetero) is 1. The number of nitrogens with zero attached hydrogens (tertiary/aromatic N) is 2. The summed E-state index contributed by atoms with van der Waals surface area (Å²) in [6, 6.07) is 9.41. The van der Waals surface area contributed by atoms with Gasteiger partial charge < -0.3 is 25.3 Å². The number of ether oxygens (including phenoxy) is 1. The van der Waals surface area contributed by atoms with Crippen LogP contribution in [0.5, 0.6) is 5.75 Å². The number of H-pyrrole nitrogens is 1. The zero-order chi connectivity index (χ0) is 28.7. The third-order valence-corrected chi connectivity index (χ3v) is 6.97. The highest BCUT2D eigenvalue weighted by Crippen LogP contribution is 2.28. The minimum absolute atomic E-state index is 0.0613. The molecule has 3 N–H and O–H groups in total. The van der Waals surface area contributed by atoms with Gasteiger partial charge in [0.05, 0.1) is 11.9 Å². The quantitative estimate of drug-likeness (QED) is 0.238. The first kappa shape index (κ1) is 29.3. The number of amides is 2. The number of nitrogens with one attached hydrogen (secondary N) is 3. The number of imidazole rings is 1. The van der Waals surface area contributed by atoms with E-state index in [1.807, 2.05) is 0 Å². The van der Waals surface area contributed by atoms with Gasteiger partial charge in [-0.25, -0.2) is 4.98 Å². The van der Waals surface area contributed by atoms with Crippen molar-refractivity contribution in [1.82, 2.24) is 14.9 Å². The number of aromatic amines is 1. The predicted molar refractivity (Wildman–Crippen MR) is 146 cm³/mol. The maximum Gasteiger partial charge on any atom is 0.573 e. The number of rotatable bonds is 10. The summed E-state index contributed by atoms with van der Waals surface area (Å²) in [4.78, 5) is 47.3. The van der Waals surface area contributed by atoms with Crippen molar-refractivity contribution in [1.29, 1.82) is 0 Å². The fourth-order valence-corrected chi connectivity index (χ4v) is 4.77. The number of aromatic nitrogens is 2. The summed E-state index contributed by atoms with van der Waals surface area (Å²) < 4.78 is 41.7. The molecule has 9 nitrogen and oxygen atoms in total. The first-order chi connectivity index (χ1) is 19.1. The van der Waals surface area contributed by atoms with Crippen molar-refractivity contribution >= 4 is 44.9 Å². The van der Waals surface area contributed by atoms with E-state index in [-0.39, 0.29) is 33.6 Å². The molecule has 1 fully saturated rings. The van der Waals surface area contributed by atoms with Crippen LogP contribution < -0.4 is 15.4 Å². The van der Waals surface area contributed by atoms with Crippen LogP contribution in [-0.2, 0) is 0 Å². The largest absolute Gasteiger partial charge is 0.573 e. The Morgan fingerprint density at radius 1 is 0.975 bits per heavy atom. The molecule has 0 unspecified atom stereocenters. The van der Waals surface area contributed by atoms with Crippen LogP contribution >= 0.6 is 15.9 Å². The first-order valence-electron chi connectivity index (χ1n) is 12.7. The number of anilines is 2. The van der Waals surface area contributed by atoms with E-state index < -0.39 is 23.9 Å². The Morgan fingerprint density at radius 2 is 1.62 bits per heavy atom. The van der Waals surface area contributed by atoms with E-state index in [0.717, 1.165) is 31.8 Å². The van der Waals surface area contributed by atoms with E-state index in [1.54, 1.807) is 0 Å². The van der Waals surface area contributed by atoms with Crippen LogP contribution in [0.2, 0.25) is 0 Å². The zero-order valence-electron chi connectivity index (χ0n) is 21.3. The van der Waals surface area contributed by atoms with Crippen molar-refractivity contribution in [2.24, 2.45) is 0 Å². The molecule has 0 aliphatic carbocycles. The van der Waals surface area contributed by atoms with Crippen molar-refractivity contribution in [3.8, 4) is 5.75 Å². The van der Waals surface area contributed by atoms with Gasteiger partial charge in [0.1, 0.15) is 17.1 Å². The van der Waals surface area contributed by atoms with Crippen LogP contribution in [0, 0.1) is 0 Å². The van der Waals surface area contributed by atoms with E-state index in [9.17, 15) is 27.6 Å². The molecule has 13 heteroatoms. The number of benzene rings is 2. The van der Waals surface area contributed by atoms with Crippen LogP contribution in [0.3, 0.4) is 0 Å². The topological polar surface area (TPSA) is 116 Å². The lowest BCUT2D eigenvalue weighted by atomic mass is 10.1. The normalized spacial score (nSPS) is 14.0. The molecule has 40 heavy (non-hydrogen) atoms. The van der Waals surface area contributed by atoms with Crippen molar-refractivity contribution in [2.75, 3.05) is 30.3 Å². The van der Waals surface area contributed by atoms with Crippen LogP contribution in [0.15, 0.2) is 53.3 Å². The third kappa shape index (κ3) is 8.15. The number of hydrogen-bond donors (Lipinski definition) is 3. The summed E-state index contributed by atoms with van der Waals surface area (Å²) >= 11 is 3.15. The number of piperidine rings is 1. The second-order valence-corrected chi connectivity index (χ2v) is 10.1. The van der Waals surface area contributed by atoms with Crippen molar-refractivity contribution < 1.29 is 32.3 Å². The summed E-state index contributed by atoms with van der Waals surface area (Å²) in [7, 11) is 0. The predicted octanol–water partition coefficient (Wildman–Crippen LogP) is 6.02. The minimum Gasteiger partial charge on any atom is -0.406 e. The van der Waals surface area contributed by atoms with Gasteiger partial charge in [0.2, 0.25) is 0 Å². The molecule has 212 valence electrons. The molecule has 1 saturated heterocycles. The van der Waals surface area contributed by atoms with Gasteiger partial charge in [-0.15, -0.1) is 13.2 Å². The molecule has 2 heterocycles. The summed E-state index contributed by atoms with van der Waals surface area (Å²) in [6.07, 6.45) is 0.995. The average Bonchev–Trinajstić information content (AvgIpc) is 3.41. The highest BCUT2D eigenvalue weighted by atomic mass is 79.9. The van der Waals surface area contributed by atoms with Gasteiger partial charge in [0.25, 0.3) is 11.8 Å². The maximum atomic E-state index is 12.8. The van der Waals surface area contributed by atoms with Gasteiger partial charge in [-0.3, -0.25) is 14.4 Å². The second-order valence-electron chi connectivity index (χ2n) is 9.23. The highest BCUT2D eigenvalue weighted by Gasteiger charge is 2.31. The van der Waals surface area contributed by atoms with Crippen LogP contribution in [0.25, 0.3) is 0 Å². The number of alkyl halides is 3. The average molecular weight is 622 g/mol. The van der Waals surface area contributed by atoms with E-state index in [0.29, 0.717) is 17.8 Å². The van der Waals surface area contributed by atoms with Crippen LogP contribution in [-0.4, -0.2) is 58.5 Å². The SMILES string of the molecule is O=C(Nc1ccc(NC(=O)c2[nH]cnc2C(=O)CCCN2CCCCC2)cc1)c1cc(OC(F)(F)F)ccc1Br. The van der Waals surface area contributed by atoms with E-state index >= 15 is 0 Å². The van der Waals surface area contributed by atoms with Gasteiger partial charge in [-0.05, 0) is 97.3 Å². The fourth-order valence-electron chi connectivity index (χ4n) is 4.35. The smallest absolute Gasteiger partial charge is 0.406 e. The summed E-state index contributed by atoms with van der Waals surface area (Å²) in [6.45, 7) is 2.94. The number of ketones is 1. The molecule has 4 rings (SSSR count). The van der Waals surface area contributed by atoms with Crippen molar-refractivity contribution in [2.45, 2.75) is 38.5 Å². The van der Waals surface area contributed by atoms with E-state index in [4.69, 9.17) is 0 Å². The zero-order valence-corrected chi connectivity index (χ0v) is 22.9. The molecular weight excluding hydrogens is 595 g/mol. The van der Waals surface area contributed by atoms with Crippen molar-refractivity contribution in [3.63, 3.8) is 0 Å². The van der Waals surface area contributed by atoms with Gasteiger partial charge in [0, 0.05) is 22.3 Å². The lowest BCUT2D eigenvalue weighted by molar-refractivity contribution is -0.274. The Morgan fingerprint density at radius 3 is 2.27 bits per heavy atom. The number of halogens is 4. The van der Waals surface area contributed by atoms with Crippen LogP contribution in [0.1, 0.15) is 63.4 Å². The molecule has 0 saturated carbocycles. The van der Waals surface area contributed by atoms with Gasteiger partial charge in [-0.2, -0.15) is 0 Å². The number of hydrogen-bond acceptors (Lipinski definition) is 6. The lowest BCUT2D eigenvalue weighted by Gasteiger charge is -2.26. The summed E-state index contributed by atoms with van der Waals surface area (Å²) in [5.74, 6) is -1.95. The lowest BCUT2D eigenvalue weighted by Crippen LogP contribution is -2.30. The molecule has 0 radical (unpaired) electrons. The summed E-state index contributed by atoms with van der Waals surface area (Å²) in [5.41, 5.74) is 0.811. The Balaban J connectivity index is 1.32. The maximum absolute atomic E-state index is 12.8.